The van der Waals surface area contributed by atoms with Crippen LogP contribution in [0.4, 0.5) is 0 Å². The molecule has 0 N–H and O–H groups in total. The van der Waals surface area contributed by atoms with Crippen LogP contribution in [0.1, 0.15) is 16.8 Å². The van der Waals surface area contributed by atoms with Gasteiger partial charge >= 0.3 is 0 Å². The Bertz CT molecular complexity index is 531. The van der Waals surface area contributed by atoms with Crippen LogP contribution in [-0.2, 0) is 0 Å². The Morgan fingerprint density at radius 2 is 1.44 bits per heavy atom. The first-order valence-electron chi connectivity index (χ1n) is 5.66. The number of ketones is 1. The summed E-state index contributed by atoms with van der Waals surface area (Å²) >= 11 is 9.12. The number of rotatable bonds is 4. The highest BCUT2D eigenvalue weighted by atomic mass is 79.9. The Morgan fingerprint density at radius 3 is 1.94 bits per heavy atom. The van der Waals surface area contributed by atoms with Crippen LogP contribution in [-0.4, -0.2) is 11.1 Å². The summed E-state index contributed by atoms with van der Waals surface area (Å²) in [6, 6.07) is 15.3. The van der Waals surface area contributed by atoms with E-state index < -0.39 is 0 Å². The lowest BCUT2D eigenvalue weighted by atomic mass is 10.0. The molecule has 1 nitrogen and oxygen atoms in total. The predicted molar refractivity (Wildman–Crippen MR) is 79.6 cm³/mol. The molecule has 0 heterocycles. The van der Waals surface area contributed by atoms with Gasteiger partial charge in [-0.15, -0.1) is 0 Å². The molecule has 2 rings (SSSR count). The second-order valence-corrected chi connectivity index (χ2v) is 5.18. The molecular weight excluding hydrogens is 312 g/mol. The van der Waals surface area contributed by atoms with E-state index in [2.05, 4.69) is 15.9 Å². The highest BCUT2D eigenvalue weighted by molar-refractivity contribution is 9.09. The topological polar surface area (TPSA) is 17.1 Å². The van der Waals surface area contributed by atoms with E-state index in [0.717, 1.165) is 21.7 Å². The zero-order chi connectivity index (χ0) is 13.0. The summed E-state index contributed by atoms with van der Waals surface area (Å²) in [4.78, 5) is 11.7. The van der Waals surface area contributed by atoms with Crippen LogP contribution in [0, 0.1) is 0 Å². The first-order chi connectivity index (χ1) is 8.70. The van der Waals surface area contributed by atoms with E-state index in [-0.39, 0.29) is 5.78 Å². The molecule has 2 aromatic carbocycles. The Balaban J connectivity index is 2.22. The van der Waals surface area contributed by atoms with Crippen molar-refractivity contribution in [3.05, 3.63) is 59.1 Å². The maximum atomic E-state index is 11.7. The Kier molecular flexibility index (Phi) is 4.56. The molecule has 0 aliphatic carbocycles. The maximum absolute atomic E-state index is 11.7. The molecule has 2 aromatic rings. The van der Waals surface area contributed by atoms with Crippen LogP contribution in [0.2, 0.25) is 5.02 Å². The zero-order valence-electron chi connectivity index (χ0n) is 9.70. The van der Waals surface area contributed by atoms with Gasteiger partial charge in [0.25, 0.3) is 0 Å². The first-order valence-corrected chi connectivity index (χ1v) is 7.16. The molecule has 0 saturated heterocycles. The smallest absolute Gasteiger partial charge is 0.163 e. The summed E-state index contributed by atoms with van der Waals surface area (Å²) in [6.07, 6.45) is 0.528. The molecule has 92 valence electrons. The average Bonchev–Trinajstić information content (AvgIpc) is 2.40. The molecule has 0 spiro atoms. The fourth-order valence-electron chi connectivity index (χ4n) is 1.72. The summed E-state index contributed by atoms with van der Waals surface area (Å²) in [6.45, 7) is 0. The number of hydrogen-bond donors (Lipinski definition) is 0. The van der Waals surface area contributed by atoms with Gasteiger partial charge in [0.1, 0.15) is 0 Å². The van der Waals surface area contributed by atoms with Gasteiger partial charge in [-0.3, -0.25) is 4.79 Å². The van der Waals surface area contributed by atoms with Gasteiger partial charge in [-0.2, -0.15) is 0 Å². The maximum Gasteiger partial charge on any atom is 0.163 e. The van der Waals surface area contributed by atoms with E-state index in [1.165, 1.54) is 0 Å². The van der Waals surface area contributed by atoms with Gasteiger partial charge in [0.05, 0.1) is 0 Å². The van der Waals surface area contributed by atoms with E-state index in [1.807, 2.05) is 48.5 Å². The summed E-state index contributed by atoms with van der Waals surface area (Å²) in [5, 5.41) is 1.42. The molecule has 0 aromatic heterocycles. The number of benzene rings is 2. The Hall–Kier alpha value is -1.12. The lowest BCUT2D eigenvalue weighted by molar-refractivity contribution is 0.0990. The number of carbonyl (C=O) groups is 1. The van der Waals surface area contributed by atoms with Crippen molar-refractivity contribution in [1.29, 1.82) is 0 Å². The van der Waals surface area contributed by atoms with Crippen molar-refractivity contribution >= 4 is 33.3 Å². The SMILES string of the molecule is O=C(CCBr)c1ccc(-c2ccc(Cl)cc2)cc1. The normalized spacial score (nSPS) is 10.3. The minimum Gasteiger partial charge on any atom is -0.294 e. The summed E-state index contributed by atoms with van der Waals surface area (Å²) in [7, 11) is 0. The number of alkyl halides is 1. The second kappa shape index (κ2) is 6.17. The molecule has 0 amide bonds. The van der Waals surface area contributed by atoms with E-state index in [0.29, 0.717) is 11.8 Å². The number of carbonyl (C=O) groups excluding carboxylic acids is 1. The average molecular weight is 324 g/mol. The van der Waals surface area contributed by atoms with Gasteiger partial charge < -0.3 is 0 Å². The minimum absolute atomic E-state index is 0.162. The molecule has 0 aliphatic heterocycles. The molecule has 0 radical (unpaired) electrons. The van der Waals surface area contributed by atoms with Gasteiger partial charge in [0, 0.05) is 22.3 Å². The first kappa shape index (κ1) is 13.3. The second-order valence-electron chi connectivity index (χ2n) is 3.95. The van der Waals surface area contributed by atoms with Gasteiger partial charge in [-0.1, -0.05) is 63.9 Å². The van der Waals surface area contributed by atoms with Crippen molar-refractivity contribution < 1.29 is 4.79 Å². The molecule has 0 fully saturated rings. The highest BCUT2D eigenvalue weighted by Gasteiger charge is 2.05. The molecule has 0 saturated carbocycles. The summed E-state index contributed by atoms with van der Waals surface area (Å²) < 4.78 is 0. The Labute approximate surface area is 120 Å². The summed E-state index contributed by atoms with van der Waals surface area (Å²) in [5.74, 6) is 0.162. The van der Waals surface area contributed by atoms with Gasteiger partial charge in [-0.25, -0.2) is 0 Å². The third-order valence-corrected chi connectivity index (χ3v) is 3.35. The number of halogens is 2. The largest absolute Gasteiger partial charge is 0.294 e. The van der Waals surface area contributed by atoms with E-state index in [9.17, 15) is 4.79 Å². The standard InChI is InChI=1S/C15H12BrClO/c16-10-9-15(18)13-3-1-11(2-4-13)12-5-7-14(17)8-6-12/h1-8H,9-10H2. The molecular formula is C15H12BrClO. The molecule has 3 heteroatoms. The molecule has 0 aliphatic rings. The van der Waals surface area contributed by atoms with E-state index in [1.54, 1.807) is 0 Å². The van der Waals surface area contributed by atoms with Gasteiger partial charge in [-0.05, 0) is 23.3 Å². The number of hydrogen-bond acceptors (Lipinski definition) is 1. The minimum atomic E-state index is 0.162. The molecule has 18 heavy (non-hydrogen) atoms. The highest BCUT2D eigenvalue weighted by Crippen LogP contribution is 2.22. The van der Waals surface area contributed by atoms with Crippen molar-refractivity contribution in [3.63, 3.8) is 0 Å². The van der Waals surface area contributed by atoms with Crippen LogP contribution in [0.3, 0.4) is 0 Å². The van der Waals surface area contributed by atoms with Crippen LogP contribution < -0.4 is 0 Å². The van der Waals surface area contributed by atoms with Crippen molar-refractivity contribution in [2.75, 3.05) is 5.33 Å². The fraction of sp³-hybridized carbons (Fsp3) is 0.133. The van der Waals surface area contributed by atoms with E-state index in [4.69, 9.17) is 11.6 Å². The molecule has 0 bridgehead atoms. The quantitative estimate of drug-likeness (QED) is 0.573. The lowest BCUT2D eigenvalue weighted by Gasteiger charge is -2.03. The monoisotopic (exact) mass is 322 g/mol. The van der Waals surface area contributed by atoms with Gasteiger partial charge in [0.15, 0.2) is 5.78 Å². The van der Waals surface area contributed by atoms with E-state index >= 15 is 0 Å². The van der Waals surface area contributed by atoms with Crippen LogP contribution in [0.25, 0.3) is 11.1 Å². The van der Waals surface area contributed by atoms with Crippen molar-refractivity contribution in [1.82, 2.24) is 0 Å². The van der Waals surface area contributed by atoms with Crippen molar-refractivity contribution in [2.45, 2.75) is 6.42 Å². The van der Waals surface area contributed by atoms with Crippen LogP contribution in [0.15, 0.2) is 48.5 Å². The van der Waals surface area contributed by atoms with Gasteiger partial charge in [0.2, 0.25) is 0 Å². The van der Waals surface area contributed by atoms with Crippen LogP contribution >= 0.6 is 27.5 Å². The Morgan fingerprint density at radius 1 is 0.944 bits per heavy atom. The zero-order valence-corrected chi connectivity index (χ0v) is 12.0. The van der Waals surface area contributed by atoms with Crippen molar-refractivity contribution in [3.8, 4) is 11.1 Å². The third kappa shape index (κ3) is 3.21. The molecule has 0 atom stereocenters. The summed E-state index contributed by atoms with van der Waals surface area (Å²) in [5.41, 5.74) is 2.94. The van der Waals surface area contributed by atoms with Crippen molar-refractivity contribution in [2.24, 2.45) is 0 Å². The lowest BCUT2D eigenvalue weighted by Crippen LogP contribution is -1.98. The predicted octanol–water partition coefficient (Wildman–Crippen LogP) is 4.97. The van der Waals surface area contributed by atoms with Crippen LogP contribution in [0.5, 0.6) is 0 Å². The fourth-order valence-corrected chi connectivity index (χ4v) is 2.21. The third-order valence-electron chi connectivity index (χ3n) is 2.71. The number of Topliss-reactive ketones (excluding diaryl/α,β-unsaturated/α-hetero) is 1. The molecule has 0 unspecified atom stereocenters.